The predicted octanol–water partition coefficient (Wildman–Crippen LogP) is 5.84. The van der Waals surface area contributed by atoms with Crippen LogP contribution in [0.1, 0.15) is 56.1 Å². The highest BCUT2D eigenvalue weighted by molar-refractivity contribution is 7.28. The van der Waals surface area contributed by atoms with E-state index in [0.717, 1.165) is 36.0 Å². The third-order valence-electron chi connectivity index (χ3n) is 8.34. The van der Waals surface area contributed by atoms with Crippen LogP contribution in [-0.4, -0.2) is 16.3 Å². The minimum absolute atomic E-state index is 0.0883. The number of fused-ring (bicyclic) bond motifs is 6. The van der Waals surface area contributed by atoms with Crippen molar-refractivity contribution in [1.82, 2.24) is 0 Å². The van der Waals surface area contributed by atoms with Crippen LogP contribution in [0.25, 0.3) is 10.8 Å². The zero-order valence-corrected chi connectivity index (χ0v) is 19.1. The van der Waals surface area contributed by atoms with Crippen molar-refractivity contribution in [3.63, 3.8) is 0 Å². The van der Waals surface area contributed by atoms with Gasteiger partial charge in [0.05, 0.1) is 6.10 Å². The largest absolute Gasteiger partial charge is 0.508 e. The molecule has 6 atom stereocenters. The molecule has 31 heavy (non-hydrogen) atoms. The minimum Gasteiger partial charge on any atom is -0.508 e. The SMILES string of the molecule is CC12CCC3c4ccc(O)cc4CCC3C1CCC2O.O=c1[pH]ccc2ccccc12. The van der Waals surface area contributed by atoms with Crippen LogP contribution in [0.2, 0.25) is 0 Å². The molecule has 0 saturated heterocycles. The topological polar surface area (TPSA) is 57.5 Å². The smallest absolute Gasteiger partial charge is 0.201 e. The number of aliphatic hydroxyl groups excluding tert-OH is 1. The fourth-order valence-corrected chi connectivity index (χ4v) is 7.47. The van der Waals surface area contributed by atoms with Gasteiger partial charge in [-0.2, -0.15) is 0 Å². The number of benzene rings is 2. The summed E-state index contributed by atoms with van der Waals surface area (Å²) >= 11 is 0. The molecule has 162 valence electrons. The van der Waals surface area contributed by atoms with E-state index < -0.39 is 0 Å². The van der Waals surface area contributed by atoms with Gasteiger partial charge < -0.3 is 10.2 Å². The summed E-state index contributed by atoms with van der Waals surface area (Å²) in [5.74, 6) is 4.42. The molecule has 2 aromatic carbocycles. The lowest BCUT2D eigenvalue weighted by atomic mass is 9.55. The van der Waals surface area contributed by atoms with Gasteiger partial charge in [-0.05, 0) is 96.1 Å². The van der Waals surface area contributed by atoms with Gasteiger partial charge in [0.15, 0.2) is 0 Å². The van der Waals surface area contributed by atoms with Crippen LogP contribution < -0.4 is 5.16 Å². The first-order valence-corrected chi connectivity index (χ1v) is 12.6. The van der Waals surface area contributed by atoms with Crippen LogP contribution in [0.5, 0.6) is 5.75 Å². The van der Waals surface area contributed by atoms with Crippen molar-refractivity contribution < 1.29 is 10.2 Å². The van der Waals surface area contributed by atoms with Crippen LogP contribution in [0.4, 0.5) is 0 Å². The molecule has 3 aromatic rings. The van der Waals surface area contributed by atoms with Crippen LogP contribution >= 0.6 is 8.19 Å². The standard InChI is InChI=1S/C18H24O2.C9H7OP/c1-18-9-8-14-13-5-3-12(19)10-11(13)2-4-15(14)16(18)6-7-17(18)20;10-9-8-4-2-1-3-7(8)5-6-11-9/h3,5,10,14-17,19-20H,2,4,6-9H2,1H3;1-6,11H. The Kier molecular flexibility index (Phi) is 5.44. The van der Waals surface area contributed by atoms with Crippen LogP contribution in [0.3, 0.4) is 0 Å². The second kappa shape index (κ2) is 8.11. The summed E-state index contributed by atoms with van der Waals surface area (Å²) in [5, 5.41) is 22.2. The number of phenolic OH excluding ortho intramolecular Hbond substituents is 1. The molecule has 0 spiro atoms. The maximum atomic E-state index is 11.2. The molecular weight excluding hydrogens is 403 g/mol. The van der Waals surface area contributed by atoms with Gasteiger partial charge in [0.1, 0.15) is 5.75 Å². The van der Waals surface area contributed by atoms with Crippen LogP contribution in [0, 0.1) is 17.3 Å². The van der Waals surface area contributed by atoms with Crippen molar-refractivity contribution in [2.24, 2.45) is 17.3 Å². The molecule has 3 aliphatic rings. The van der Waals surface area contributed by atoms with E-state index in [9.17, 15) is 15.0 Å². The maximum Gasteiger partial charge on any atom is 0.201 e. The van der Waals surface area contributed by atoms with E-state index in [1.807, 2.05) is 48.3 Å². The molecular formula is C27H31O3P. The Morgan fingerprint density at radius 3 is 2.71 bits per heavy atom. The van der Waals surface area contributed by atoms with Crippen molar-refractivity contribution in [3.8, 4) is 5.75 Å². The summed E-state index contributed by atoms with van der Waals surface area (Å²) in [6.45, 7) is 2.32. The van der Waals surface area contributed by atoms with Crippen molar-refractivity contribution in [1.29, 1.82) is 0 Å². The highest BCUT2D eigenvalue weighted by atomic mass is 31.0. The summed E-state index contributed by atoms with van der Waals surface area (Å²) in [6.07, 6.45) is 6.78. The second-order valence-electron chi connectivity index (χ2n) is 9.83. The Hall–Kier alpha value is -2.09. The Bertz CT molecular complexity index is 1150. The van der Waals surface area contributed by atoms with Crippen molar-refractivity contribution in [2.45, 2.75) is 57.5 Å². The Labute approximate surface area is 185 Å². The quantitative estimate of drug-likeness (QED) is 0.467. The first-order valence-electron chi connectivity index (χ1n) is 11.5. The lowest BCUT2D eigenvalue weighted by molar-refractivity contribution is -0.0226. The molecule has 0 aliphatic heterocycles. The number of aryl methyl sites for hydroxylation is 1. The fourth-order valence-electron chi connectivity index (χ4n) is 6.68. The summed E-state index contributed by atoms with van der Waals surface area (Å²) in [5.41, 5.74) is 2.99. The van der Waals surface area contributed by atoms with E-state index in [1.165, 1.54) is 30.4 Å². The number of aromatic hydroxyl groups is 1. The van der Waals surface area contributed by atoms with Gasteiger partial charge in [0.25, 0.3) is 0 Å². The number of hydrogen-bond donors (Lipinski definition) is 2. The summed E-state index contributed by atoms with van der Waals surface area (Å²) in [7, 11) is 0.323. The normalized spacial score (nSPS) is 31.4. The summed E-state index contributed by atoms with van der Waals surface area (Å²) in [4.78, 5) is 11.2. The monoisotopic (exact) mass is 434 g/mol. The molecule has 3 aliphatic carbocycles. The molecule has 2 N–H and O–H groups in total. The van der Waals surface area contributed by atoms with Crippen LogP contribution in [-0.2, 0) is 6.42 Å². The van der Waals surface area contributed by atoms with Gasteiger partial charge in [-0.1, -0.05) is 51.5 Å². The van der Waals surface area contributed by atoms with Gasteiger partial charge in [-0.25, -0.2) is 0 Å². The first kappa shape index (κ1) is 20.8. The molecule has 6 unspecified atom stereocenters. The molecule has 2 saturated carbocycles. The maximum absolute atomic E-state index is 11.2. The zero-order valence-electron chi connectivity index (χ0n) is 18.1. The van der Waals surface area contributed by atoms with Gasteiger partial charge in [0.2, 0.25) is 5.16 Å². The molecule has 1 heterocycles. The van der Waals surface area contributed by atoms with E-state index in [1.54, 1.807) is 0 Å². The number of rotatable bonds is 0. The first-order chi connectivity index (χ1) is 15.0. The second-order valence-corrected chi connectivity index (χ2v) is 10.9. The van der Waals surface area contributed by atoms with E-state index in [4.69, 9.17) is 0 Å². The van der Waals surface area contributed by atoms with Crippen molar-refractivity contribution >= 4 is 19.0 Å². The highest BCUT2D eigenvalue weighted by Gasteiger charge is 2.54. The molecule has 2 fully saturated rings. The van der Waals surface area contributed by atoms with E-state index in [0.29, 0.717) is 25.8 Å². The number of hydrogen-bond acceptors (Lipinski definition) is 3. The average Bonchev–Trinajstić information content (AvgIpc) is 3.09. The minimum atomic E-state index is -0.0883. The third kappa shape index (κ3) is 3.62. The van der Waals surface area contributed by atoms with Crippen LogP contribution in [0.15, 0.2) is 59.1 Å². The van der Waals surface area contributed by atoms with E-state index in [-0.39, 0.29) is 16.7 Å². The fraction of sp³-hybridized carbons (Fsp3) is 0.444. The molecule has 4 heteroatoms. The van der Waals surface area contributed by atoms with E-state index >= 15 is 0 Å². The molecule has 1 aromatic heterocycles. The molecule has 0 bridgehead atoms. The number of phenols is 1. The van der Waals surface area contributed by atoms with E-state index in [2.05, 4.69) is 13.0 Å². The zero-order chi connectivity index (χ0) is 21.6. The molecule has 6 rings (SSSR count). The van der Waals surface area contributed by atoms with Gasteiger partial charge in [0, 0.05) is 5.39 Å². The predicted molar refractivity (Wildman–Crippen MR) is 128 cm³/mol. The Morgan fingerprint density at radius 1 is 1.03 bits per heavy atom. The molecule has 0 radical (unpaired) electrons. The lowest BCUT2D eigenvalue weighted by Crippen LogP contribution is -2.43. The Balaban J connectivity index is 0.000000157. The average molecular weight is 435 g/mol. The van der Waals surface area contributed by atoms with Crippen molar-refractivity contribution in [3.05, 3.63) is 75.4 Å². The molecule has 3 nitrogen and oxygen atoms in total. The lowest BCUT2D eigenvalue weighted by Gasteiger charge is -2.50. The molecule has 0 amide bonds. The van der Waals surface area contributed by atoms with Crippen molar-refractivity contribution in [2.75, 3.05) is 0 Å². The Morgan fingerprint density at radius 2 is 1.87 bits per heavy atom. The van der Waals surface area contributed by atoms with Gasteiger partial charge in [-0.3, -0.25) is 4.79 Å². The van der Waals surface area contributed by atoms with Gasteiger partial charge in [-0.15, -0.1) is 0 Å². The summed E-state index contributed by atoms with van der Waals surface area (Å²) in [6, 6.07) is 15.7. The number of aliphatic hydroxyl groups is 1. The third-order valence-corrected chi connectivity index (χ3v) is 9.21. The highest BCUT2D eigenvalue weighted by Crippen LogP contribution is 2.60. The van der Waals surface area contributed by atoms with Gasteiger partial charge >= 0.3 is 0 Å². The summed E-state index contributed by atoms with van der Waals surface area (Å²) < 4.78 is 0.